The number of esters is 1. The van der Waals surface area contributed by atoms with E-state index in [0.717, 1.165) is 0 Å². The third-order valence-corrected chi connectivity index (χ3v) is 6.49. The van der Waals surface area contributed by atoms with Gasteiger partial charge in [-0.05, 0) is 76.1 Å². The van der Waals surface area contributed by atoms with Gasteiger partial charge in [0.2, 0.25) is 0 Å². The highest BCUT2D eigenvalue weighted by Crippen LogP contribution is 2.27. The number of benzene rings is 2. The minimum absolute atomic E-state index is 0.0839. The molecule has 0 aliphatic rings. The van der Waals surface area contributed by atoms with Crippen LogP contribution in [0.2, 0.25) is 0 Å². The summed E-state index contributed by atoms with van der Waals surface area (Å²) in [4.78, 5) is 41.8. The first-order valence-electron chi connectivity index (χ1n) is 12.2. The maximum Gasteiger partial charge on any atom is 0.355 e. The van der Waals surface area contributed by atoms with Gasteiger partial charge in [-0.2, -0.15) is 0 Å². The maximum absolute atomic E-state index is 13.9. The predicted molar refractivity (Wildman–Crippen MR) is 139 cm³/mol. The molecular weight excluding hydrogens is 475 g/mol. The van der Waals surface area contributed by atoms with E-state index in [1.165, 1.54) is 24.1 Å². The highest BCUT2D eigenvalue weighted by atomic mass is 19.1. The van der Waals surface area contributed by atoms with Gasteiger partial charge in [-0.15, -0.1) is 0 Å². The van der Waals surface area contributed by atoms with Gasteiger partial charge >= 0.3 is 5.97 Å². The molecule has 1 amide bonds. The van der Waals surface area contributed by atoms with E-state index in [9.17, 15) is 18.8 Å². The van der Waals surface area contributed by atoms with Crippen molar-refractivity contribution in [1.82, 2.24) is 9.47 Å². The van der Waals surface area contributed by atoms with Gasteiger partial charge < -0.3 is 18.9 Å². The molecule has 1 atom stereocenters. The van der Waals surface area contributed by atoms with Crippen LogP contribution in [0.25, 0.3) is 0 Å². The van der Waals surface area contributed by atoms with Crippen LogP contribution in [0.1, 0.15) is 68.8 Å². The largest absolute Gasteiger partial charge is 0.497 e. The zero-order chi connectivity index (χ0) is 27.3. The molecule has 1 aromatic heterocycles. The molecule has 2 aromatic carbocycles. The van der Waals surface area contributed by atoms with Crippen molar-refractivity contribution in [2.75, 3.05) is 13.7 Å². The molecule has 0 saturated carbocycles. The van der Waals surface area contributed by atoms with Crippen LogP contribution in [0, 0.1) is 19.7 Å². The standard InChI is InChI=1S/C29H33FN2O5/c1-7-31-19(4)25(18(3)26(31)29(35)37-8-2)27(33)20(5)32(17-21-12-14-23(30)15-13-21)28(34)22-10-9-11-24(16-22)36-6/h9-16,20H,7-8,17H2,1-6H3. The second kappa shape index (κ2) is 11.9. The number of ketones is 1. The average molecular weight is 509 g/mol. The highest BCUT2D eigenvalue weighted by Gasteiger charge is 2.33. The Hall–Kier alpha value is -3.94. The Morgan fingerprint density at radius 2 is 1.73 bits per heavy atom. The Kier molecular flexibility index (Phi) is 8.86. The van der Waals surface area contributed by atoms with Crippen molar-refractivity contribution in [3.05, 3.63) is 88.0 Å². The molecule has 0 radical (unpaired) electrons. The summed E-state index contributed by atoms with van der Waals surface area (Å²) in [5.74, 6) is -1.05. The van der Waals surface area contributed by atoms with E-state index in [4.69, 9.17) is 9.47 Å². The van der Waals surface area contributed by atoms with Crippen LogP contribution in [0.3, 0.4) is 0 Å². The van der Waals surface area contributed by atoms with Crippen molar-refractivity contribution in [3.8, 4) is 5.75 Å². The Bertz CT molecular complexity index is 1300. The van der Waals surface area contributed by atoms with Gasteiger partial charge in [0.25, 0.3) is 5.91 Å². The van der Waals surface area contributed by atoms with Gasteiger partial charge in [-0.25, -0.2) is 9.18 Å². The van der Waals surface area contributed by atoms with Crippen LogP contribution < -0.4 is 4.74 Å². The molecular formula is C29H33FN2O5. The molecule has 0 spiro atoms. The lowest BCUT2D eigenvalue weighted by molar-refractivity contribution is 0.0512. The lowest BCUT2D eigenvalue weighted by Gasteiger charge is -2.29. The summed E-state index contributed by atoms with van der Waals surface area (Å²) in [6.07, 6.45) is 0. The maximum atomic E-state index is 13.9. The molecule has 3 aromatic rings. The Morgan fingerprint density at radius 3 is 2.32 bits per heavy atom. The summed E-state index contributed by atoms with van der Waals surface area (Å²) in [6.45, 7) is 9.56. The van der Waals surface area contributed by atoms with Crippen molar-refractivity contribution in [1.29, 1.82) is 0 Å². The molecule has 0 N–H and O–H groups in total. The number of hydrogen-bond acceptors (Lipinski definition) is 5. The summed E-state index contributed by atoms with van der Waals surface area (Å²) in [7, 11) is 1.51. The van der Waals surface area contributed by atoms with Crippen LogP contribution in [0.4, 0.5) is 4.39 Å². The Labute approximate surface area is 216 Å². The number of rotatable bonds is 10. The summed E-state index contributed by atoms with van der Waals surface area (Å²) < 4.78 is 25.8. The topological polar surface area (TPSA) is 77.8 Å². The summed E-state index contributed by atoms with van der Waals surface area (Å²) in [5.41, 5.74) is 2.90. The van der Waals surface area contributed by atoms with Gasteiger partial charge in [0.1, 0.15) is 17.3 Å². The molecule has 8 heteroatoms. The van der Waals surface area contributed by atoms with E-state index >= 15 is 0 Å². The number of ether oxygens (including phenoxy) is 2. The third-order valence-electron chi connectivity index (χ3n) is 6.49. The first-order valence-corrected chi connectivity index (χ1v) is 12.2. The minimum atomic E-state index is -0.885. The van der Waals surface area contributed by atoms with Gasteiger partial charge in [0.05, 0.1) is 19.8 Å². The molecule has 0 fully saturated rings. The molecule has 1 heterocycles. The van der Waals surface area contributed by atoms with Crippen molar-refractivity contribution in [2.24, 2.45) is 0 Å². The van der Waals surface area contributed by atoms with Crippen LogP contribution in [0.15, 0.2) is 48.5 Å². The number of hydrogen-bond donors (Lipinski definition) is 0. The normalized spacial score (nSPS) is 11.6. The van der Waals surface area contributed by atoms with Crippen LogP contribution >= 0.6 is 0 Å². The zero-order valence-electron chi connectivity index (χ0n) is 22.1. The Morgan fingerprint density at radius 1 is 1.05 bits per heavy atom. The van der Waals surface area contributed by atoms with Gasteiger partial charge in [0, 0.05) is 29.9 Å². The monoisotopic (exact) mass is 508 g/mol. The number of amides is 1. The van der Waals surface area contributed by atoms with Crippen LogP contribution in [-0.2, 0) is 17.8 Å². The van der Waals surface area contributed by atoms with E-state index in [1.807, 2.05) is 6.92 Å². The fraction of sp³-hybridized carbons (Fsp3) is 0.345. The molecule has 7 nitrogen and oxygen atoms in total. The number of methoxy groups -OCH3 is 1. The predicted octanol–water partition coefficient (Wildman–Crippen LogP) is 5.36. The second-order valence-corrected chi connectivity index (χ2v) is 8.73. The molecule has 0 saturated heterocycles. The number of halogens is 1. The Balaban J connectivity index is 2.07. The van der Waals surface area contributed by atoms with Crippen molar-refractivity contribution >= 4 is 17.7 Å². The molecule has 0 aliphatic heterocycles. The molecule has 37 heavy (non-hydrogen) atoms. The van der Waals surface area contributed by atoms with E-state index in [0.29, 0.717) is 45.9 Å². The zero-order valence-corrected chi connectivity index (χ0v) is 22.1. The summed E-state index contributed by atoms with van der Waals surface area (Å²) in [5, 5.41) is 0. The van der Waals surface area contributed by atoms with Gasteiger partial charge in [-0.3, -0.25) is 9.59 Å². The molecule has 3 rings (SSSR count). The fourth-order valence-electron chi connectivity index (χ4n) is 4.56. The summed E-state index contributed by atoms with van der Waals surface area (Å²) >= 11 is 0. The van der Waals surface area contributed by atoms with Gasteiger partial charge in [0.15, 0.2) is 5.78 Å². The number of Topliss-reactive ketones (excluding diaryl/α,β-unsaturated/α-hetero) is 1. The quantitative estimate of drug-likeness (QED) is 0.272. The number of carbonyl (C=O) groups is 3. The van der Waals surface area contributed by atoms with E-state index < -0.39 is 17.8 Å². The molecule has 196 valence electrons. The molecule has 0 bridgehead atoms. The molecule has 0 aliphatic carbocycles. The fourth-order valence-corrected chi connectivity index (χ4v) is 4.56. The lowest BCUT2D eigenvalue weighted by atomic mass is 9.98. The SMILES string of the molecule is CCOC(=O)c1c(C)c(C(=O)C(C)N(Cc2ccc(F)cc2)C(=O)c2cccc(OC)c2)c(C)n1CC. The number of carbonyl (C=O) groups excluding carboxylic acids is 3. The van der Waals surface area contributed by atoms with Crippen molar-refractivity contribution in [2.45, 2.75) is 53.8 Å². The van der Waals surface area contributed by atoms with Crippen LogP contribution in [-0.4, -0.2) is 46.9 Å². The third kappa shape index (κ3) is 5.74. The first kappa shape index (κ1) is 27.6. The summed E-state index contributed by atoms with van der Waals surface area (Å²) in [6, 6.07) is 11.6. The highest BCUT2D eigenvalue weighted by molar-refractivity contribution is 6.07. The smallest absolute Gasteiger partial charge is 0.355 e. The second-order valence-electron chi connectivity index (χ2n) is 8.73. The lowest BCUT2D eigenvalue weighted by Crippen LogP contribution is -2.43. The average Bonchev–Trinajstić information content (AvgIpc) is 3.16. The van der Waals surface area contributed by atoms with Crippen molar-refractivity contribution in [3.63, 3.8) is 0 Å². The van der Waals surface area contributed by atoms with E-state index in [2.05, 4.69) is 0 Å². The van der Waals surface area contributed by atoms with Gasteiger partial charge in [-0.1, -0.05) is 18.2 Å². The first-order chi connectivity index (χ1) is 17.6. The van der Waals surface area contributed by atoms with Crippen molar-refractivity contribution < 1.29 is 28.2 Å². The van der Waals surface area contributed by atoms with Crippen LogP contribution in [0.5, 0.6) is 5.75 Å². The molecule has 1 unspecified atom stereocenters. The number of aromatic nitrogens is 1. The number of nitrogens with zero attached hydrogens (tertiary/aromatic N) is 2. The van der Waals surface area contributed by atoms with E-state index in [-0.39, 0.29) is 24.8 Å². The minimum Gasteiger partial charge on any atom is -0.497 e. The van der Waals surface area contributed by atoms with E-state index in [1.54, 1.807) is 68.7 Å².